The molecule has 174 valence electrons. The molecule has 0 atom stereocenters. The third-order valence-electron chi connectivity index (χ3n) is 6.94. The highest BCUT2D eigenvalue weighted by atomic mass is 35.5. The van der Waals surface area contributed by atoms with Gasteiger partial charge < -0.3 is 10.6 Å². The fourth-order valence-electron chi connectivity index (χ4n) is 5.12. The molecular weight excluding hydrogens is 452 g/mol. The highest BCUT2D eigenvalue weighted by molar-refractivity contribution is 6.31. The van der Waals surface area contributed by atoms with Crippen LogP contribution in [0.15, 0.2) is 91.1 Å². The molecule has 2 N–H and O–H groups in total. The van der Waals surface area contributed by atoms with Crippen LogP contribution in [-0.4, -0.2) is 22.1 Å². The first-order chi connectivity index (χ1) is 17.2. The molecular formula is C30H27ClN4. The molecule has 2 heterocycles. The molecule has 3 aromatic carbocycles. The van der Waals surface area contributed by atoms with Crippen LogP contribution in [0.3, 0.4) is 0 Å². The number of halogens is 1. The fourth-order valence-corrected chi connectivity index (χ4v) is 5.29. The summed E-state index contributed by atoms with van der Waals surface area (Å²) in [6.07, 6.45) is 6.31. The van der Waals surface area contributed by atoms with Crippen LogP contribution in [0.4, 0.5) is 11.4 Å². The summed E-state index contributed by atoms with van der Waals surface area (Å²) >= 11 is 6.16. The maximum Gasteiger partial charge on any atom is 0.0737 e. The Morgan fingerprint density at radius 2 is 1.34 bits per heavy atom. The molecule has 1 aliphatic carbocycles. The molecule has 0 spiro atoms. The second-order valence-electron chi connectivity index (χ2n) is 9.30. The van der Waals surface area contributed by atoms with Gasteiger partial charge in [0.1, 0.15) is 0 Å². The average Bonchev–Trinajstić information content (AvgIpc) is 2.90. The Bertz CT molecular complexity index is 1480. The molecule has 1 fully saturated rings. The van der Waals surface area contributed by atoms with Crippen molar-refractivity contribution in [3.8, 4) is 11.3 Å². The molecule has 6 rings (SSSR count). The summed E-state index contributed by atoms with van der Waals surface area (Å²) in [4.78, 5) is 9.39. The van der Waals surface area contributed by atoms with Crippen LogP contribution in [0, 0.1) is 0 Å². The second kappa shape index (κ2) is 9.55. The Kier molecular flexibility index (Phi) is 5.97. The van der Waals surface area contributed by atoms with Gasteiger partial charge in [0.2, 0.25) is 0 Å². The molecule has 0 amide bonds. The normalized spacial score (nSPS) is 18.0. The van der Waals surface area contributed by atoms with Crippen LogP contribution < -0.4 is 10.6 Å². The summed E-state index contributed by atoms with van der Waals surface area (Å²) in [6.45, 7) is 0. The van der Waals surface area contributed by atoms with E-state index < -0.39 is 0 Å². The van der Waals surface area contributed by atoms with Crippen LogP contribution in [0.5, 0.6) is 0 Å². The highest BCUT2D eigenvalue weighted by Gasteiger charge is 2.22. The van der Waals surface area contributed by atoms with Crippen molar-refractivity contribution in [2.45, 2.75) is 37.8 Å². The molecule has 5 heteroatoms. The zero-order valence-corrected chi connectivity index (χ0v) is 20.2. The number of fused-ring (bicyclic) bond motifs is 2. The predicted octanol–water partition coefficient (Wildman–Crippen LogP) is 7.94. The van der Waals surface area contributed by atoms with Crippen molar-refractivity contribution in [2.75, 3.05) is 10.6 Å². The van der Waals surface area contributed by atoms with Gasteiger partial charge in [0, 0.05) is 51.0 Å². The van der Waals surface area contributed by atoms with Gasteiger partial charge in [-0.2, -0.15) is 0 Å². The van der Waals surface area contributed by atoms with E-state index in [0.29, 0.717) is 17.1 Å². The number of benzene rings is 3. The summed E-state index contributed by atoms with van der Waals surface area (Å²) in [5, 5.41) is 10.6. The van der Waals surface area contributed by atoms with Crippen LogP contribution in [-0.2, 0) is 0 Å². The third-order valence-corrected chi connectivity index (χ3v) is 7.17. The monoisotopic (exact) mass is 478 g/mol. The largest absolute Gasteiger partial charge is 0.382 e. The van der Waals surface area contributed by atoms with E-state index in [0.717, 1.165) is 59.0 Å². The van der Waals surface area contributed by atoms with Gasteiger partial charge in [-0.3, -0.25) is 4.98 Å². The van der Waals surface area contributed by atoms with Gasteiger partial charge >= 0.3 is 0 Å². The third kappa shape index (κ3) is 4.67. The quantitative estimate of drug-likeness (QED) is 0.269. The van der Waals surface area contributed by atoms with Crippen molar-refractivity contribution in [1.82, 2.24) is 9.97 Å². The average molecular weight is 479 g/mol. The van der Waals surface area contributed by atoms with Gasteiger partial charge in [-0.25, -0.2) is 4.98 Å². The summed E-state index contributed by atoms with van der Waals surface area (Å²) in [7, 11) is 0. The number of nitrogens with zero attached hydrogens (tertiary/aromatic N) is 2. The molecule has 1 saturated carbocycles. The zero-order chi connectivity index (χ0) is 23.6. The van der Waals surface area contributed by atoms with Gasteiger partial charge in [-0.1, -0.05) is 60.1 Å². The number of hydrogen-bond donors (Lipinski definition) is 2. The lowest BCUT2D eigenvalue weighted by Gasteiger charge is -2.31. The number of anilines is 2. The fraction of sp³-hybridized carbons (Fsp3) is 0.200. The van der Waals surface area contributed by atoms with Crippen molar-refractivity contribution < 1.29 is 0 Å². The number of hydrogen-bond acceptors (Lipinski definition) is 4. The van der Waals surface area contributed by atoms with Crippen LogP contribution in [0.1, 0.15) is 25.7 Å². The maximum atomic E-state index is 6.16. The number of para-hydroxylation sites is 1. The van der Waals surface area contributed by atoms with Crippen molar-refractivity contribution >= 4 is 44.8 Å². The smallest absolute Gasteiger partial charge is 0.0737 e. The van der Waals surface area contributed by atoms with Crippen LogP contribution in [0.25, 0.3) is 33.1 Å². The van der Waals surface area contributed by atoms with E-state index in [1.807, 2.05) is 24.4 Å². The van der Waals surface area contributed by atoms with Crippen LogP contribution in [0.2, 0.25) is 5.02 Å². The van der Waals surface area contributed by atoms with Gasteiger partial charge in [-0.05, 0) is 62.1 Å². The van der Waals surface area contributed by atoms with E-state index in [-0.39, 0.29) is 0 Å². The SMILES string of the molecule is Clc1ccc2c(N[C@H]3CC[C@@H](Nc4cc(-c5ccccc5)nc5ccccc45)CC3)ccnc2c1. The minimum absolute atomic E-state index is 0.440. The number of nitrogens with one attached hydrogen (secondary N) is 2. The van der Waals surface area contributed by atoms with Gasteiger partial charge in [0.25, 0.3) is 0 Å². The lowest BCUT2D eigenvalue weighted by atomic mass is 9.90. The molecule has 0 bridgehead atoms. The Morgan fingerprint density at radius 1 is 0.657 bits per heavy atom. The topological polar surface area (TPSA) is 49.8 Å². The van der Waals surface area contributed by atoms with Crippen molar-refractivity contribution in [2.24, 2.45) is 0 Å². The molecule has 0 aliphatic heterocycles. The zero-order valence-electron chi connectivity index (χ0n) is 19.4. The lowest BCUT2D eigenvalue weighted by Crippen LogP contribution is -2.32. The molecule has 0 radical (unpaired) electrons. The highest BCUT2D eigenvalue weighted by Crippen LogP contribution is 2.32. The summed E-state index contributed by atoms with van der Waals surface area (Å²) in [5.41, 5.74) is 6.40. The maximum absolute atomic E-state index is 6.16. The van der Waals surface area contributed by atoms with E-state index >= 15 is 0 Å². The van der Waals surface area contributed by atoms with Gasteiger partial charge in [0.15, 0.2) is 0 Å². The number of rotatable bonds is 5. The molecule has 4 nitrogen and oxygen atoms in total. The number of aromatic nitrogens is 2. The van der Waals surface area contributed by atoms with Gasteiger partial charge in [0.05, 0.1) is 16.7 Å². The molecule has 2 aromatic heterocycles. The minimum Gasteiger partial charge on any atom is -0.382 e. The minimum atomic E-state index is 0.440. The first-order valence-electron chi connectivity index (χ1n) is 12.3. The van der Waals surface area contributed by atoms with E-state index in [1.54, 1.807) is 0 Å². The molecule has 1 aliphatic rings. The lowest BCUT2D eigenvalue weighted by molar-refractivity contribution is 0.429. The Balaban J connectivity index is 1.18. The van der Waals surface area contributed by atoms with Crippen molar-refractivity contribution in [3.63, 3.8) is 0 Å². The van der Waals surface area contributed by atoms with Gasteiger partial charge in [-0.15, -0.1) is 0 Å². The Morgan fingerprint density at radius 3 is 2.14 bits per heavy atom. The summed E-state index contributed by atoms with van der Waals surface area (Å²) in [5.74, 6) is 0. The Labute approximate surface area is 210 Å². The van der Waals surface area contributed by atoms with E-state index in [1.165, 1.54) is 11.1 Å². The molecule has 5 aromatic rings. The molecule has 35 heavy (non-hydrogen) atoms. The van der Waals surface area contributed by atoms with Crippen molar-refractivity contribution in [3.05, 3.63) is 96.1 Å². The molecule has 0 saturated heterocycles. The first kappa shape index (κ1) is 21.9. The van der Waals surface area contributed by atoms with E-state index in [9.17, 15) is 0 Å². The molecule has 0 unspecified atom stereocenters. The Hall–Kier alpha value is -3.63. The van der Waals surface area contributed by atoms with E-state index in [2.05, 4.69) is 82.3 Å². The van der Waals surface area contributed by atoms with Crippen molar-refractivity contribution in [1.29, 1.82) is 0 Å². The number of pyridine rings is 2. The summed E-state index contributed by atoms with van der Waals surface area (Å²) < 4.78 is 0. The first-order valence-corrected chi connectivity index (χ1v) is 12.6. The predicted molar refractivity (Wildman–Crippen MR) is 147 cm³/mol. The van der Waals surface area contributed by atoms with Crippen LogP contribution >= 0.6 is 11.6 Å². The standard InChI is InChI=1S/C30H27ClN4/c31-21-10-15-25-27(16-17-32-29(25)18-21)33-22-11-13-23(14-12-22)34-30-19-28(20-6-2-1-3-7-20)35-26-9-5-4-8-24(26)30/h1-10,15-19,22-23H,11-14H2,(H,32,33)(H,34,35)/t22-,23+. The summed E-state index contributed by atoms with van der Waals surface area (Å²) in [6, 6.07) is 29.9. The second-order valence-corrected chi connectivity index (χ2v) is 9.73. The van der Waals surface area contributed by atoms with E-state index in [4.69, 9.17) is 16.6 Å².